The molecule has 2 N–H and O–H groups in total. The number of nitrogens with two attached hydrogens (primary N) is 1. The fraction of sp³-hybridized carbons (Fsp3) is 0.583. The van der Waals surface area contributed by atoms with Crippen molar-refractivity contribution in [3.05, 3.63) is 29.6 Å². The highest BCUT2D eigenvalue weighted by Gasteiger charge is 2.19. The Bertz CT molecular complexity index is 502. The Balaban J connectivity index is 2.05. The number of rotatable bonds is 3. The normalized spacial score (nSPS) is 20.5. The fourth-order valence-electron chi connectivity index (χ4n) is 2.19. The zero-order valence-electron chi connectivity index (χ0n) is 10.4. The second-order valence-corrected chi connectivity index (χ2v) is 6.90. The van der Waals surface area contributed by atoms with Crippen molar-refractivity contribution in [1.82, 2.24) is 9.88 Å². The van der Waals surface area contributed by atoms with Crippen LogP contribution in [0.3, 0.4) is 0 Å². The lowest BCUT2D eigenvalue weighted by Crippen LogP contribution is -2.27. The monoisotopic (exact) mass is 269 g/mol. The van der Waals surface area contributed by atoms with Crippen LogP contribution in [0.5, 0.6) is 0 Å². The van der Waals surface area contributed by atoms with E-state index in [4.69, 9.17) is 5.73 Å². The predicted molar refractivity (Wildman–Crippen MR) is 70.7 cm³/mol. The molecule has 0 saturated carbocycles. The molecular formula is C12H19N3O2S. The Morgan fingerprint density at radius 3 is 2.94 bits per heavy atom. The first-order valence-electron chi connectivity index (χ1n) is 6.16. The highest BCUT2D eigenvalue weighted by molar-refractivity contribution is 7.91. The third kappa shape index (κ3) is 3.51. The van der Waals surface area contributed by atoms with Gasteiger partial charge in [0.15, 0.2) is 9.84 Å². The topological polar surface area (TPSA) is 76.3 Å². The molecule has 1 aromatic heterocycles. The average molecular weight is 269 g/mol. The van der Waals surface area contributed by atoms with Gasteiger partial charge in [0.1, 0.15) is 0 Å². The first-order chi connectivity index (χ1) is 8.61. The molecule has 2 rings (SSSR count). The van der Waals surface area contributed by atoms with Gasteiger partial charge >= 0.3 is 0 Å². The van der Waals surface area contributed by atoms with Crippen LogP contribution in [0.25, 0.3) is 0 Å². The van der Waals surface area contributed by atoms with E-state index in [1.54, 1.807) is 6.20 Å². The Labute approximate surface area is 108 Å². The van der Waals surface area contributed by atoms with Crippen LogP contribution in [-0.4, -0.2) is 42.9 Å². The summed E-state index contributed by atoms with van der Waals surface area (Å²) in [5.41, 5.74) is 7.64. The molecule has 1 saturated heterocycles. The molecule has 0 unspecified atom stereocenters. The maximum absolute atomic E-state index is 11.5. The molecule has 0 amide bonds. The highest BCUT2D eigenvalue weighted by atomic mass is 32.2. The number of hydrogen-bond donors (Lipinski definition) is 1. The van der Waals surface area contributed by atoms with Crippen LogP contribution >= 0.6 is 0 Å². The number of pyridine rings is 1. The Hall–Kier alpha value is -0.980. The van der Waals surface area contributed by atoms with E-state index in [0.717, 1.165) is 24.3 Å². The Kier molecular flexibility index (Phi) is 4.31. The molecule has 0 radical (unpaired) electrons. The van der Waals surface area contributed by atoms with Gasteiger partial charge in [-0.15, -0.1) is 0 Å². The van der Waals surface area contributed by atoms with Gasteiger partial charge in [-0.25, -0.2) is 8.42 Å². The molecule has 18 heavy (non-hydrogen) atoms. The number of aromatic nitrogens is 1. The predicted octanol–water partition coefficient (Wildman–Crippen LogP) is 0.161. The maximum atomic E-state index is 11.5. The molecule has 1 fully saturated rings. The van der Waals surface area contributed by atoms with Crippen molar-refractivity contribution in [2.24, 2.45) is 5.73 Å². The van der Waals surface area contributed by atoms with Crippen LogP contribution in [-0.2, 0) is 22.9 Å². The first kappa shape index (κ1) is 13.5. The quantitative estimate of drug-likeness (QED) is 0.846. The molecule has 1 aliphatic rings. The van der Waals surface area contributed by atoms with Gasteiger partial charge in [0.25, 0.3) is 0 Å². The summed E-state index contributed by atoms with van der Waals surface area (Å²) in [6, 6.07) is 3.90. The molecule has 2 heterocycles. The second-order valence-electron chi connectivity index (χ2n) is 4.59. The lowest BCUT2D eigenvalue weighted by molar-refractivity contribution is 0.286. The minimum atomic E-state index is -2.84. The van der Waals surface area contributed by atoms with E-state index in [0.29, 0.717) is 25.3 Å². The van der Waals surface area contributed by atoms with E-state index in [1.807, 2.05) is 12.1 Å². The van der Waals surface area contributed by atoms with E-state index in [2.05, 4.69) is 9.88 Å². The lowest BCUT2D eigenvalue weighted by atomic mass is 10.1. The molecule has 100 valence electrons. The van der Waals surface area contributed by atoms with Crippen molar-refractivity contribution < 1.29 is 8.42 Å². The van der Waals surface area contributed by atoms with Crippen molar-refractivity contribution in [3.63, 3.8) is 0 Å². The summed E-state index contributed by atoms with van der Waals surface area (Å²) in [4.78, 5) is 6.41. The molecule has 5 nitrogen and oxygen atoms in total. The maximum Gasteiger partial charge on any atom is 0.151 e. The van der Waals surface area contributed by atoms with Crippen LogP contribution < -0.4 is 5.73 Å². The van der Waals surface area contributed by atoms with E-state index >= 15 is 0 Å². The van der Waals surface area contributed by atoms with Crippen molar-refractivity contribution in [3.8, 4) is 0 Å². The molecule has 0 spiro atoms. The van der Waals surface area contributed by atoms with Crippen LogP contribution in [0, 0.1) is 0 Å². The van der Waals surface area contributed by atoms with Gasteiger partial charge < -0.3 is 5.73 Å². The number of nitrogens with zero attached hydrogens (tertiary/aromatic N) is 2. The summed E-state index contributed by atoms with van der Waals surface area (Å²) >= 11 is 0. The molecule has 6 heteroatoms. The largest absolute Gasteiger partial charge is 0.325 e. The molecular weight excluding hydrogens is 250 g/mol. The van der Waals surface area contributed by atoms with Crippen LogP contribution in [0.4, 0.5) is 0 Å². The summed E-state index contributed by atoms with van der Waals surface area (Å²) in [7, 11) is -2.84. The van der Waals surface area contributed by atoms with E-state index in [9.17, 15) is 8.42 Å². The zero-order valence-corrected chi connectivity index (χ0v) is 11.2. The van der Waals surface area contributed by atoms with Crippen LogP contribution in [0.15, 0.2) is 18.3 Å². The molecule has 1 aromatic rings. The highest BCUT2D eigenvalue weighted by Crippen LogP contribution is 2.12. The third-order valence-corrected chi connectivity index (χ3v) is 4.94. The van der Waals surface area contributed by atoms with E-state index in [-0.39, 0.29) is 5.75 Å². The standard InChI is InChI=1S/C12H19N3O2S/c13-9-12-11(3-1-4-14-12)10-15-5-2-7-18(16,17)8-6-15/h1,3-4H,2,5-10,13H2. The van der Waals surface area contributed by atoms with Gasteiger partial charge in [0.05, 0.1) is 17.2 Å². The summed E-state index contributed by atoms with van der Waals surface area (Å²) < 4.78 is 23.1. The lowest BCUT2D eigenvalue weighted by Gasteiger charge is -2.20. The number of hydrogen-bond acceptors (Lipinski definition) is 5. The van der Waals surface area contributed by atoms with Crippen molar-refractivity contribution in [1.29, 1.82) is 0 Å². The zero-order chi connectivity index (χ0) is 13.0. The second kappa shape index (κ2) is 5.77. The van der Waals surface area contributed by atoms with Crippen LogP contribution in [0.2, 0.25) is 0 Å². The third-order valence-electron chi connectivity index (χ3n) is 3.22. The number of sulfone groups is 1. The SMILES string of the molecule is NCc1ncccc1CN1CCCS(=O)(=O)CC1. The summed E-state index contributed by atoms with van der Waals surface area (Å²) in [5.74, 6) is 0.561. The average Bonchev–Trinajstić information content (AvgIpc) is 2.52. The van der Waals surface area contributed by atoms with Gasteiger partial charge in [0, 0.05) is 25.8 Å². The molecule has 0 atom stereocenters. The van der Waals surface area contributed by atoms with Crippen molar-refractivity contribution in [2.75, 3.05) is 24.6 Å². The smallest absolute Gasteiger partial charge is 0.151 e. The first-order valence-corrected chi connectivity index (χ1v) is 7.98. The van der Waals surface area contributed by atoms with Gasteiger partial charge in [-0.2, -0.15) is 0 Å². The van der Waals surface area contributed by atoms with Gasteiger partial charge in [-0.3, -0.25) is 9.88 Å². The minimum absolute atomic E-state index is 0.255. The summed E-state index contributed by atoms with van der Waals surface area (Å²) in [5, 5.41) is 0. The summed E-state index contributed by atoms with van der Waals surface area (Å²) in [6.45, 7) is 2.57. The molecule has 1 aliphatic heterocycles. The molecule has 0 aromatic carbocycles. The van der Waals surface area contributed by atoms with Gasteiger partial charge in [-0.1, -0.05) is 6.07 Å². The van der Waals surface area contributed by atoms with Crippen molar-refractivity contribution in [2.45, 2.75) is 19.5 Å². The van der Waals surface area contributed by atoms with E-state index in [1.165, 1.54) is 0 Å². The Morgan fingerprint density at radius 1 is 1.33 bits per heavy atom. The van der Waals surface area contributed by atoms with E-state index < -0.39 is 9.84 Å². The van der Waals surface area contributed by atoms with Gasteiger partial charge in [-0.05, 0) is 24.6 Å². The summed E-state index contributed by atoms with van der Waals surface area (Å²) in [6.07, 6.45) is 2.44. The molecule has 0 bridgehead atoms. The minimum Gasteiger partial charge on any atom is -0.325 e. The van der Waals surface area contributed by atoms with Crippen LogP contribution in [0.1, 0.15) is 17.7 Å². The van der Waals surface area contributed by atoms with Crippen molar-refractivity contribution >= 4 is 9.84 Å². The van der Waals surface area contributed by atoms with Gasteiger partial charge in [0.2, 0.25) is 0 Å². The molecule has 0 aliphatic carbocycles. The fourth-order valence-corrected chi connectivity index (χ4v) is 3.50. The Morgan fingerprint density at radius 2 is 2.17 bits per heavy atom.